The van der Waals surface area contributed by atoms with Crippen molar-refractivity contribution >= 4 is 16.8 Å². The summed E-state index contributed by atoms with van der Waals surface area (Å²) < 4.78 is 45.5. The quantitative estimate of drug-likeness (QED) is 0.703. The van der Waals surface area contributed by atoms with Crippen molar-refractivity contribution in [3.05, 3.63) is 60.4 Å². The third-order valence-electron chi connectivity index (χ3n) is 4.54. The standard InChI is InChI=1S/C19H16F3N3O2/c20-19(21,22)14-5-7-23-17(9-14)27-15-10-25(11-15)18(26)12-24-8-6-13-3-1-2-4-16(13)24/h1-9,15H,10-12H2. The second kappa shape index (κ2) is 6.61. The van der Waals surface area contributed by atoms with Gasteiger partial charge in [-0.05, 0) is 23.6 Å². The molecule has 1 amide bonds. The number of hydrogen-bond acceptors (Lipinski definition) is 3. The van der Waals surface area contributed by atoms with Crippen LogP contribution in [0, 0.1) is 0 Å². The van der Waals surface area contributed by atoms with Crippen molar-refractivity contribution in [3.63, 3.8) is 0 Å². The topological polar surface area (TPSA) is 47.4 Å². The lowest BCUT2D eigenvalue weighted by atomic mass is 10.1. The van der Waals surface area contributed by atoms with Crippen molar-refractivity contribution in [1.82, 2.24) is 14.5 Å². The number of fused-ring (bicyclic) bond motifs is 1. The number of pyridine rings is 1. The maximum atomic E-state index is 12.7. The summed E-state index contributed by atoms with van der Waals surface area (Å²) in [6, 6.07) is 11.5. The molecule has 0 atom stereocenters. The molecule has 1 aromatic carbocycles. The highest BCUT2D eigenvalue weighted by molar-refractivity contribution is 5.83. The van der Waals surface area contributed by atoms with E-state index < -0.39 is 11.7 Å². The number of aromatic nitrogens is 2. The Morgan fingerprint density at radius 3 is 2.74 bits per heavy atom. The van der Waals surface area contributed by atoms with Gasteiger partial charge in [0, 0.05) is 24.0 Å². The molecule has 0 unspecified atom stereocenters. The fourth-order valence-corrected chi connectivity index (χ4v) is 3.06. The third-order valence-corrected chi connectivity index (χ3v) is 4.54. The van der Waals surface area contributed by atoms with Crippen LogP contribution in [0.5, 0.6) is 5.88 Å². The van der Waals surface area contributed by atoms with Gasteiger partial charge in [0.2, 0.25) is 11.8 Å². The zero-order valence-corrected chi connectivity index (χ0v) is 14.2. The highest BCUT2D eigenvalue weighted by Gasteiger charge is 2.34. The van der Waals surface area contributed by atoms with Gasteiger partial charge in [0.05, 0.1) is 18.7 Å². The minimum absolute atomic E-state index is 0.0618. The van der Waals surface area contributed by atoms with E-state index in [1.807, 2.05) is 41.1 Å². The summed E-state index contributed by atoms with van der Waals surface area (Å²) in [5, 5.41) is 1.06. The second-order valence-electron chi connectivity index (χ2n) is 6.42. The van der Waals surface area contributed by atoms with Crippen molar-refractivity contribution in [3.8, 4) is 5.88 Å². The number of likely N-dealkylation sites (tertiary alicyclic amines) is 1. The van der Waals surface area contributed by atoms with Crippen LogP contribution >= 0.6 is 0 Å². The molecule has 1 aliphatic rings. The Labute approximate surface area is 153 Å². The van der Waals surface area contributed by atoms with Crippen molar-refractivity contribution in [2.75, 3.05) is 13.1 Å². The summed E-state index contributed by atoms with van der Waals surface area (Å²) in [5.74, 6) is -0.147. The van der Waals surface area contributed by atoms with Crippen molar-refractivity contribution < 1.29 is 22.7 Å². The SMILES string of the molecule is O=C(Cn1ccc2ccccc21)N1CC(Oc2cc(C(F)(F)F)ccn2)C1. The van der Waals surface area contributed by atoms with E-state index in [0.29, 0.717) is 13.1 Å². The first-order chi connectivity index (χ1) is 12.9. The number of ether oxygens (including phenoxy) is 1. The molecule has 8 heteroatoms. The Balaban J connectivity index is 1.34. The molecule has 1 aliphatic heterocycles. The number of carbonyl (C=O) groups excluding carboxylic acids is 1. The van der Waals surface area contributed by atoms with Gasteiger partial charge in [-0.25, -0.2) is 4.98 Å². The summed E-state index contributed by atoms with van der Waals surface area (Å²) in [6.45, 7) is 0.869. The van der Waals surface area contributed by atoms with Crippen LogP contribution in [0.4, 0.5) is 13.2 Å². The largest absolute Gasteiger partial charge is 0.471 e. The highest BCUT2D eigenvalue weighted by Crippen LogP contribution is 2.31. The third kappa shape index (κ3) is 3.60. The normalized spacial score (nSPS) is 15.0. The van der Waals surface area contributed by atoms with E-state index in [0.717, 1.165) is 29.2 Å². The lowest BCUT2D eigenvalue weighted by Crippen LogP contribution is -2.57. The van der Waals surface area contributed by atoms with Crippen LogP contribution < -0.4 is 4.74 Å². The van der Waals surface area contributed by atoms with Gasteiger partial charge in [-0.15, -0.1) is 0 Å². The fraction of sp³-hybridized carbons (Fsp3) is 0.263. The first-order valence-corrected chi connectivity index (χ1v) is 8.42. The molecule has 0 N–H and O–H groups in total. The van der Waals surface area contributed by atoms with Gasteiger partial charge in [0.25, 0.3) is 0 Å². The van der Waals surface area contributed by atoms with Crippen LogP contribution in [0.15, 0.2) is 54.9 Å². The van der Waals surface area contributed by atoms with E-state index in [-0.39, 0.29) is 24.4 Å². The molecule has 3 heterocycles. The molecular weight excluding hydrogens is 359 g/mol. The molecule has 4 rings (SSSR count). The van der Waals surface area contributed by atoms with Gasteiger partial charge < -0.3 is 14.2 Å². The molecule has 0 radical (unpaired) electrons. The van der Waals surface area contributed by atoms with Gasteiger partial charge in [0.1, 0.15) is 12.6 Å². The Morgan fingerprint density at radius 2 is 1.96 bits per heavy atom. The fourth-order valence-electron chi connectivity index (χ4n) is 3.06. The Hall–Kier alpha value is -3.03. The van der Waals surface area contributed by atoms with E-state index >= 15 is 0 Å². The molecule has 27 heavy (non-hydrogen) atoms. The molecule has 1 fully saturated rings. The smallest absolute Gasteiger partial charge is 0.416 e. The van der Waals surface area contributed by atoms with E-state index in [1.54, 1.807) is 4.90 Å². The molecule has 140 valence electrons. The number of halogens is 3. The van der Waals surface area contributed by atoms with Crippen LogP contribution in [0.2, 0.25) is 0 Å². The molecular formula is C19H16F3N3O2. The summed E-state index contributed by atoms with van der Waals surface area (Å²) >= 11 is 0. The lowest BCUT2D eigenvalue weighted by molar-refractivity contribution is -0.140. The molecule has 3 aromatic rings. The molecule has 5 nitrogen and oxygen atoms in total. The number of rotatable bonds is 4. The summed E-state index contributed by atoms with van der Waals surface area (Å²) in [5.41, 5.74) is 0.173. The number of para-hydroxylation sites is 1. The van der Waals surface area contributed by atoms with Gasteiger partial charge in [-0.3, -0.25) is 4.79 Å². The second-order valence-corrected chi connectivity index (χ2v) is 6.42. The average Bonchev–Trinajstić information content (AvgIpc) is 3.00. The molecule has 0 saturated carbocycles. The lowest BCUT2D eigenvalue weighted by Gasteiger charge is -2.38. The van der Waals surface area contributed by atoms with Gasteiger partial charge in [0.15, 0.2) is 0 Å². The summed E-state index contributed by atoms with van der Waals surface area (Å²) in [7, 11) is 0. The Bertz CT molecular complexity index is 977. The van der Waals surface area contributed by atoms with Crippen LogP contribution in [0.1, 0.15) is 5.56 Å². The van der Waals surface area contributed by atoms with Crippen LogP contribution in [0.25, 0.3) is 10.9 Å². The van der Waals surface area contributed by atoms with Crippen LogP contribution in [-0.2, 0) is 17.5 Å². The van der Waals surface area contributed by atoms with Gasteiger partial charge in [-0.2, -0.15) is 13.2 Å². The highest BCUT2D eigenvalue weighted by atomic mass is 19.4. The van der Waals surface area contributed by atoms with Gasteiger partial charge >= 0.3 is 6.18 Å². The first-order valence-electron chi connectivity index (χ1n) is 8.42. The zero-order chi connectivity index (χ0) is 19.0. The maximum absolute atomic E-state index is 12.7. The molecule has 0 aliphatic carbocycles. The van der Waals surface area contributed by atoms with Crippen molar-refractivity contribution in [2.24, 2.45) is 0 Å². The van der Waals surface area contributed by atoms with Gasteiger partial charge in [-0.1, -0.05) is 18.2 Å². The Kier molecular flexibility index (Phi) is 4.25. The van der Waals surface area contributed by atoms with E-state index in [2.05, 4.69) is 4.98 Å². The number of carbonyl (C=O) groups is 1. The number of alkyl halides is 3. The number of amides is 1. The minimum atomic E-state index is -4.44. The minimum Gasteiger partial charge on any atom is -0.471 e. The summed E-state index contributed by atoms with van der Waals surface area (Å²) in [6.07, 6.45) is -1.87. The van der Waals surface area contributed by atoms with E-state index in [4.69, 9.17) is 4.74 Å². The molecule has 1 saturated heterocycles. The van der Waals surface area contributed by atoms with Crippen LogP contribution in [0.3, 0.4) is 0 Å². The zero-order valence-electron chi connectivity index (χ0n) is 14.2. The molecule has 0 spiro atoms. The van der Waals surface area contributed by atoms with Crippen molar-refractivity contribution in [1.29, 1.82) is 0 Å². The predicted octanol–water partition coefficient (Wildman–Crippen LogP) is 3.34. The monoisotopic (exact) mass is 375 g/mol. The first kappa shape index (κ1) is 17.4. The average molecular weight is 375 g/mol. The van der Waals surface area contributed by atoms with E-state index in [1.165, 1.54) is 0 Å². The predicted molar refractivity (Wildman–Crippen MR) is 92.2 cm³/mol. The maximum Gasteiger partial charge on any atom is 0.416 e. The Morgan fingerprint density at radius 1 is 1.19 bits per heavy atom. The van der Waals surface area contributed by atoms with E-state index in [9.17, 15) is 18.0 Å². The molecule has 2 aromatic heterocycles. The number of benzene rings is 1. The summed E-state index contributed by atoms with van der Waals surface area (Å²) in [4.78, 5) is 17.8. The number of hydrogen-bond donors (Lipinski definition) is 0. The number of nitrogens with zero attached hydrogens (tertiary/aromatic N) is 3. The van der Waals surface area contributed by atoms with Crippen LogP contribution in [-0.4, -0.2) is 39.6 Å². The van der Waals surface area contributed by atoms with Crippen molar-refractivity contribution in [2.45, 2.75) is 18.8 Å². The molecule has 0 bridgehead atoms.